The Labute approximate surface area is 120 Å². The van der Waals surface area contributed by atoms with E-state index in [1.165, 1.54) is 6.07 Å². The van der Waals surface area contributed by atoms with E-state index < -0.39 is 5.54 Å². The van der Waals surface area contributed by atoms with Crippen molar-refractivity contribution in [1.82, 2.24) is 0 Å². The molecule has 4 heteroatoms. The summed E-state index contributed by atoms with van der Waals surface area (Å²) in [6.45, 7) is 3.62. The Morgan fingerprint density at radius 2 is 2.20 bits per heavy atom. The first kappa shape index (κ1) is 15.3. The molecule has 0 bridgehead atoms. The standard InChI is InChI=1S/C16H25FN2O/c1-2-19(15-8-4-3-7-14(15)17)11-9-13-6-5-10-16(13,18)12-20/h3-4,7-8,13,20H,2,5-6,9-12,18H2,1H3. The molecule has 1 saturated carbocycles. The molecule has 0 saturated heterocycles. The molecule has 1 aliphatic carbocycles. The first-order valence-corrected chi connectivity index (χ1v) is 7.50. The van der Waals surface area contributed by atoms with E-state index in [1.54, 1.807) is 6.07 Å². The monoisotopic (exact) mass is 280 g/mol. The number of benzene rings is 1. The van der Waals surface area contributed by atoms with Gasteiger partial charge in [-0.05, 0) is 44.2 Å². The summed E-state index contributed by atoms with van der Waals surface area (Å²) in [5.74, 6) is 0.148. The Kier molecular flexibility index (Phi) is 5.00. The van der Waals surface area contributed by atoms with Gasteiger partial charge >= 0.3 is 0 Å². The molecule has 1 aromatic rings. The van der Waals surface area contributed by atoms with Crippen molar-refractivity contribution in [3.63, 3.8) is 0 Å². The fourth-order valence-corrected chi connectivity index (χ4v) is 3.28. The number of anilines is 1. The van der Waals surface area contributed by atoms with Crippen LogP contribution in [0.4, 0.5) is 10.1 Å². The number of rotatable bonds is 6. The lowest BCUT2D eigenvalue weighted by atomic mass is 9.86. The molecule has 20 heavy (non-hydrogen) atoms. The molecule has 2 unspecified atom stereocenters. The Bertz CT molecular complexity index is 440. The van der Waals surface area contributed by atoms with Crippen LogP contribution in [-0.2, 0) is 0 Å². The van der Waals surface area contributed by atoms with Gasteiger partial charge in [0.15, 0.2) is 0 Å². The lowest BCUT2D eigenvalue weighted by Gasteiger charge is -2.32. The van der Waals surface area contributed by atoms with Crippen LogP contribution >= 0.6 is 0 Å². The molecule has 2 atom stereocenters. The van der Waals surface area contributed by atoms with E-state index in [-0.39, 0.29) is 12.4 Å². The summed E-state index contributed by atoms with van der Waals surface area (Å²) in [5.41, 5.74) is 6.47. The van der Waals surface area contributed by atoms with Gasteiger partial charge < -0.3 is 15.7 Å². The van der Waals surface area contributed by atoms with Crippen molar-refractivity contribution in [1.29, 1.82) is 0 Å². The van der Waals surface area contributed by atoms with Crippen LogP contribution in [0.3, 0.4) is 0 Å². The molecule has 0 aromatic heterocycles. The van der Waals surface area contributed by atoms with Gasteiger partial charge in [-0.25, -0.2) is 4.39 Å². The molecular formula is C16H25FN2O. The van der Waals surface area contributed by atoms with Crippen LogP contribution < -0.4 is 10.6 Å². The van der Waals surface area contributed by atoms with Crippen molar-refractivity contribution >= 4 is 5.69 Å². The van der Waals surface area contributed by atoms with Crippen LogP contribution in [0.25, 0.3) is 0 Å². The minimum Gasteiger partial charge on any atom is -0.394 e. The second kappa shape index (κ2) is 6.55. The minimum atomic E-state index is -0.436. The van der Waals surface area contributed by atoms with E-state index in [0.29, 0.717) is 11.6 Å². The maximum Gasteiger partial charge on any atom is 0.146 e. The van der Waals surface area contributed by atoms with Gasteiger partial charge in [0.25, 0.3) is 0 Å². The predicted molar refractivity (Wildman–Crippen MR) is 80.2 cm³/mol. The minimum absolute atomic E-state index is 0.0451. The average Bonchev–Trinajstić information content (AvgIpc) is 2.83. The van der Waals surface area contributed by atoms with Gasteiger partial charge in [-0.15, -0.1) is 0 Å². The molecule has 0 radical (unpaired) electrons. The zero-order valence-corrected chi connectivity index (χ0v) is 12.2. The van der Waals surface area contributed by atoms with Crippen LogP contribution in [0.2, 0.25) is 0 Å². The maximum absolute atomic E-state index is 13.8. The smallest absolute Gasteiger partial charge is 0.146 e. The molecular weight excluding hydrogens is 255 g/mol. The summed E-state index contributed by atoms with van der Waals surface area (Å²) >= 11 is 0. The van der Waals surface area contributed by atoms with E-state index in [4.69, 9.17) is 5.73 Å². The first-order chi connectivity index (χ1) is 9.60. The Balaban J connectivity index is 2.00. The molecule has 112 valence electrons. The fourth-order valence-electron chi connectivity index (χ4n) is 3.28. The van der Waals surface area contributed by atoms with Crippen molar-refractivity contribution < 1.29 is 9.50 Å². The van der Waals surface area contributed by atoms with E-state index >= 15 is 0 Å². The number of nitrogens with zero attached hydrogens (tertiary/aromatic N) is 1. The number of nitrogens with two attached hydrogens (primary N) is 1. The molecule has 1 aromatic carbocycles. The lowest BCUT2D eigenvalue weighted by molar-refractivity contribution is 0.156. The number of hydrogen-bond donors (Lipinski definition) is 2. The van der Waals surface area contributed by atoms with Crippen molar-refractivity contribution in [2.45, 2.75) is 38.1 Å². The summed E-state index contributed by atoms with van der Waals surface area (Å²) in [5, 5.41) is 9.48. The second-order valence-corrected chi connectivity index (χ2v) is 5.80. The van der Waals surface area contributed by atoms with E-state index in [0.717, 1.165) is 38.8 Å². The molecule has 0 spiro atoms. The van der Waals surface area contributed by atoms with Gasteiger partial charge in [0.2, 0.25) is 0 Å². The van der Waals surface area contributed by atoms with Gasteiger partial charge in [-0.3, -0.25) is 0 Å². The van der Waals surface area contributed by atoms with Crippen LogP contribution in [0, 0.1) is 11.7 Å². The van der Waals surface area contributed by atoms with Gasteiger partial charge in [-0.2, -0.15) is 0 Å². The Morgan fingerprint density at radius 3 is 2.85 bits per heavy atom. The fraction of sp³-hybridized carbons (Fsp3) is 0.625. The van der Waals surface area contributed by atoms with Crippen molar-refractivity contribution in [3.05, 3.63) is 30.1 Å². The molecule has 3 N–H and O–H groups in total. The number of halogens is 1. The Morgan fingerprint density at radius 1 is 1.45 bits per heavy atom. The predicted octanol–water partition coefficient (Wildman–Crippen LogP) is 2.53. The molecule has 0 aliphatic heterocycles. The summed E-state index contributed by atoms with van der Waals surface area (Å²) in [7, 11) is 0. The zero-order valence-electron chi connectivity index (χ0n) is 12.2. The third-order valence-electron chi connectivity index (χ3n) is 4.62. The van der Waals surface area contributed by atoms with E-state index in [2.05, 4.69) is 0 Å². The molecule has 0 heterocycles. The SMILES string of the molecule is CCN(CCC1CCCC1(N)CO)c1ccccc1F. The van der Waals surface area contributed by atoms with Crippen molar-refractivity contribution in [2.24, 2.45) is 11.7 Å². The largest absolute Gasteiger partial charge is 0.394 e. The van der Waals surface area contributed by atoms with Crippen LogP contribution in [0.1, 0.15) is 32.6 Å². The highest BCUT2D eigenvalue weighted by atomic mass is 19.1. The highest BCUT2D eigenvalue weighted by molar-refractivity contribution is 5.47. The van der Waals surface area contributed by atoms with Crippen LogP contribution in [0.15, 0.2) is 24.3 Å². The number of aliphatic hydroxyl groups is 1. The van der Waals surface area contributed by atoms with Crippen molar-refractivity contribution in [3.8, 4) is 0 Å². The maximum atomic E-state index is 13.8. The Hall–Kier alpha value is -1.13. The summed E-state index contributed by atoms with van der Waals surface area (Å²) in [6, 6.07) is 6.88. The first-order valence-electron chi connectivity index (χ1n) is 7.50. The highest BCUT2D eigenvalue weighted by Crippen LogP contribution is 2.36. The zero-order chi connectivity index (χ0) is 14.6. The molecule has 1 aliphatic rings. The third kappa shape index (κ3) is 3.13. The van der Waals surface area contributed by atoms with Crippen LogP contribution in [-0.4, -0.2) is 30.3 Å². The van der Waals surface area contributed by atoms with Gasteiger partial charge in [0.1, 0.15) is 5.82 Å². The number of para-hydroxylation sites is 1. The van der Waals surface area contributed by atoms with Crippen LogP contribution in [0.5, 0.6) is 0 Å². The van der Waals surface area contributed by atoms with E-state index in [9.17, 15) is 9.50 Å². The van der Waals surface area contributed by atoms with Gasteiger partial charge in [0.05, 0.1) is 12.3 Å². The van der Waals surface area contributed by atoms with Crippen molar-refractivity contribution in [2.75, 3.05) is 24.6 Å². The molecule has 0 amide bonds. The van der Waals surface area contributed by atoms with E-state index in [1.807, 2.05) is 24.0 Å². The average molecular weight is 280 g/mol. The van der Waals surface area contributed by atoms with Gasteiger partial charge in [0, 0.05) is 18.6 Å². The molecule has 3 nitrogen and oxygen atoms in total. The number of aliphatic hydroxyl groups excluding tert-OH is 1. The third-order valence-corrected chi connectivity index (χ3v) is 4.62. The molecule has 1 fully saturated rings. The summed E-state index contributed by atoms with van der Waals surface area (Å²) in [4.78, 5) is 2.05. The normalized spacial score (nSPS) is 25.9. The quantitative estimate of drug-likeness (QED) is 0.842. The summed E-state index contributed by atoms with van der Waals surface area (Å²) < 4.78 is 13.8. The molecule has 2 rings (SSSR count). The summed E-state index contributed by atoms with van der Waals surface area (Å²) in [6.07, 6.45) is 3.93. The highest BCUT2D eigenvalue weighted by Gasteiger charge is 2.38. The second-order valence-electron chi connectivity index (χ2n) is 5.80. The van der Waals surface area contributed by atoms with Gasteiger partial charge in [-0.1, -0.05) is 18.6 Å². The lowest BCUT2D eigenvalue weighted by Crippen LogP contribution is -2.47. The number of hydrogen-bond acceptors (Lipinski definition) is 3. The topological polar surface area (TPSA) is 49.5 Å².